The maximum Gasteiger partial charge on any atom is 0.199 e. The van der Waals surface area contributed by atoms with Crippen molar-refractivity contribution < 1.29 is 0 Å². The molecule has 2 aromatic rings. The first kappa shape index (κ1) is 17.4. The van der Waals surface area contributed by atoms with E-state index >= 15 is 0 Å². The quantitative estimate of drug-likeness (QED) is 0.552. The van der Waals surface area contributed by atoms with Gasteiger partial charge in [-0.3, -0.25) is 4.90 Å². The van der Waals surface area contributed by atoms with Crippen LogP contribution in [0.4, 0.5) is 0 Å². The van der Waals surface area contributed by atoms with Gasteiger partial charge >= 0.3 is 0 Å². The van der Waals surface area contributed by atoms with Gasteiger partial charge in [-0.25, -0.2) is 4.68 Å². The third-order valence-corrected chi connectivity index (χ3v) is 5.40. The lowest BCUT2D eigenvalue weighted by Gasteiger charge is -2.27. The first-order valence-electron chi connectivity index (χ1n) is 8.35. The van der Waals surface area contributed by atoms with Gasteiger partial charge in [-0.1, -0.05) is 30.5 Å². The van der Waals surface area contributed by atoms with Crippen molar-refractivity contribution in [2.75, 3.05) is 6.54 Å². The van der Waals surface area contributed by atoms with Gasteiger partial charge in [0.1, 0.15) is 0 Å². The molecule has 0 aliphatic heterocycles. The minimum Gasteiger partial charge on any atom is -0.303 e. The molecule has 0 N–H and O–H groups in total. The van der Waals surface area contributed by atoms with E-state index in [1.54, 1.807) is 0 Å². The largest absolute Gasteiger partial charge is 0.303 e. The van der Waals surface area contributed by atoms with Crippen molar-refractivity contribution in [2.45, 2.75) is 38.4 Å². The van der Waals surface area contributed by atoms with Gasteiger partial charge in [-0.15, -0.1) is 6.58 Å². The molecule has 0 amide bonds. The molecule has 24 heavy (non-hydrogen) atoms. The molecule has 1 saturated carbocycles. The van der Waals surface area contributed by atoms with Gasteiger partial charge in [0, 0.05) is 30.2 Å². The van der Waals surface area contributed by atoms with E-state index < -0.39 is 0 Å². The highest BCUT2D eigenvalue weighted by molar-refractivity contribution is 7.71. The molecule has 1 aliphatic rings. The highest BCUT2D eigenvalue weighted by Gasteiger charge is 2.23. The van der Waals surface area contributed by atoms with E-state index in [0.717, 1.165) is 27.7 Å². The molecule has 4 nitrogen and oxygen atoms in total. The molecule has 0 radical (unpaired) electrons. The molecule has 1 fully saturated rings. The van der Waals surface area contributed by atoms with Crippen LogP contribution in [0.5, 0.6) is 0 Å². The third-order valence-electron chi connectivity index (χ3n) is 4.66. The van der Waals surface area contributed by atoms with E-state index in [-0.39, 0.29) is 0 Å². The van der Waals surface area contributed by atoms with E-state index in [4.69, 9.17) is 28.9 Å². The number of benzene rings is 1. The van der Waals surface area contributed by atoms with E-state index in [9.17, 15) is 0 Å². The molecule has 0 bridgehead atoms. The number of rotatable bonds is 6. The molecule has 0 saturated heterocycles. The summed E-state index contributed by atoms with van der Waals surface area (Å²) in [7, 11) is 1.96. The lowest BCUT2D eigenvalue weighted by Crippen LogP contribution is -2.35. The van der Waals surface area contributed by atoms with Crippen molar-refractivity contribution >= 4 is 23.8 Å². The van der Waals surface area contributed by atoms with Crippen molar-refractivity contribution in [3.8, 4) is 11.4 Å². The summed E-state index contributed by atoms with van der Waals surface area (Å²) in [5, 5.41) is 5.48. The van der Waals surface area contributed by atoms with Gasteiger partial charge in [0.2, 0.25) is 0 Å². The molecule has 0 unspecified atom stereocenters. The summed E-state index contributed by atoms with van der Waals surface area (Å²) >= 11 is 11.6. The normalized spacial score (nSPS) is 15.3. The number of hydrogen-bond acceptors (Lipinski definition) is 3. The van der Waals surface area contributed by atoms with E-state index in [1.165, 1.54) is 25.7 Å². The van der Waals surface area contributed by atoms with Crippen LogP contribution in [0.15, 0.2) is 36.9 Å². The van der Waals surface area contributed by atoms with Crippen LogP contribution in [0.3, 0.4) is 0 Å². The van der Waals surface area contributed by atoms with Gasteiger partial charge in [0.05, 0.1) is 6.67 Å². The minimum absolute atomic E-state index is 0.603. The summed E-state index contributed by atoms with van der Waals surface area (Å²) in [6.07, 6.45) is 7.07. The Bertz CT molecular complexity index is 756. The fourth-order valence-electron chi connectivity index (χ4n) is 3.36. The number of nitrogens with zero attached hydrogens (tertiary/aromatic N) is 4. The maximum absolute atomic E-state index is 5.98. The molecular formula is C18H23ClN4S. The van der Waals surface area contributed by atoms with E-state index in [0.29, 0.717) is 12.7 Å². The first-order chi connectivity index (χ1) is 11.6. The zero-order valence-corrected chi connectivity index (χ0v) is 15.6. The van der Waals surface area contributed by atoms with Crippen molar-refractivity contribution in [1.29, 1.82) is 0 Å². The Kier molecular flexibility index (Phi) is 5.54. The summed E-state index contributed by atoms with van der Waals surface area (Å²) < 4.78 is 4.60. The van der Waals surface area contributed by atoms with Crippen LogP contribution in [-0.4, -0.2) is 31.8 Å². The molecule has 0 spiro atoms. The smallest absolute Gasteiger partial charge is 0.199 e. The summed E-state index contributed by atoms with van der Waals surface area (Å²) in [5.74, 6) is 0.863. The predicted molar refractivity (Wildman–Crippen MR) is 102 cm³/mol. The second-order valence-electron chi connectivity index (χ2n) is 6.31. The summed E-state index contributed by atoms with van der Waals surface area (Å²) in [6, 6.07) is 8.30. The lowest BCUT2D eigenvalue weighted by molar-refractivity contribution is 0.162. The fourth-order valence-corrected chi connectivity index (χ4v) is 3.67. The summed E-state index contributed by atoms with van der Waals surface area (Å²) in [6.45, 7) is 5.47. The molecule has 0 atom stereocenters. The van der Waals surface area contributed by atoms with Crippen LogP contribution in [0.2, 0.25) is 5.02 Å². The van der Waals surface area contributed by atoms with Crippen molar-refractivity contribution in [1.82, 2.24) is 19.2 Å². The Hall–Kier alpha value is -1.43. The third kappa shape index (κ3) is 3.63. The van der Waals surface area contributed by atoms with Gasteiger partial charge < -0.3 is 4.57 Å². The molecule has 3 rings (SSSR count). The lowest BCUT2D eigenvalue weighted by atomic mass is 10.2. The highest BCUT2D eigenvalue weighted by atomic mass is 35.5. The van der Waals surface area contributed by atoms with Crippen LogP contribution in [0.1, 0.15) is 25.7 Å². The number of halogens is 1. The second kappa shape index (κ2) is 7.64. The van der Waals surface area contributed by atoms with Crippen LogP contribution in [-0.2, 0) is 13.7 Å². The van der Waals surface area contributed by atoms with Crippen LogP contribution >= 0.6 is 23.8 Å². The predicted octanol–water partition coefficient (Wildman–Crippen LogP) is 4.66. The molecular weight excluding hydrogens is 340 g/mol. The Morgan fingerprint density at radius 1 is 1.33 bits per heavy atom. The Balaban J connectivity index is 1.88. The molecule has 1 aromatic carbocycles. The van der Waals surface area contributed by atoms with Crippen LogP contribution < -0.4 is 0 Å². The molecule has 6 heteroatoms. The van der Waals surface area contributed by atoms with Crippen LogP contribution in [0, 0.1) is 4.77 Å². The molecule has 128 valence electrons. The first-order valence-corrected chi connectivity index (χ1v) is 9.13. The SMILES string of the molecule is C=CCN(Cn1nc(-c2ccc(Cl)cc2)n(C)c1=S)C1CCCC1. The standard InChI is InChI=1S/C18H23ClN4S/c1-3-12-22(16-6-4-5-7-16)13-23-18(24)21(2)17(20-23)14-8-10-15(19)11-9-14/h3,8-11,16H,1,4-7,12-13H2,2H3. The molecule has 1 aromatic heterocycles. The Morgan fingerprint density at radius 3 is 2.62 bits per heavy atom. The summed E-state index contributed by atoms with van der Waals surface area (Å²) in [5.41, 5.74) is 1.02. The average Bonchev–Trinajstić information content (AvgIpc) is 3.20. The zero-order valence-electron chi connectivity index (χ0n) is 14.0. The van der Waals surface area contributed by atoms with E-state index in [2.05, 4.69) is 11.5 Å². The Morgan fingerprint density at radius 2 is 2.00 bits per heavy atom. The topological polar surface area (TPSA) is 26.0 Å². The van der Waals surface area contributed by atoms with Crippen LogP contribution in [0.25, 0.3) is 11.4 Å². The highest BCUT2D eigenvalue weighted by Crippen LogP contribution is 2.25. The van der Waals surface area contributed by atoms with Gasteiger partial charge in [-0.2, -0.15) is 5.10 Å². The van der Waals surface area contributed by atoms with Gasteiger partial charge in [0.25, 0.3) is 0 Å². The van der Waals surface area contributed by atoms with Crippen molar-refractivity contribution in [3.63, 3.8) is 0 Å². The van der Waals surface area contributed by atoms with Crippen molar-refractivity contribution in [3.05, 3.63) is 46.7 Å². The van der Waals surface area contributed by atoms with Gasteiger partial charge in [0.15, 0.2) is 10.6 Å². The fraction of sp³-hybridized carbons (Fsp3) is 0.444. The number of hydrogen-bond donors (Lipinski definition) is 0. The van der Waals surface area contributed by atoms with E-state index in [1.807, 2.05) is 46.6 Å². The zero-order chi connectivity index (χ0) is 17.1. The Labute approximate surface area is 153 Å². The summed E-state index contributed by atoms with van der Waals surface area (Å²) in [4.78, 5) is 2.43. The van der Waals surface area contributed by atoms with Crippen molar-refractivity contribution in [2.24, 2.45) is 7.05 Å². The van der Waals surface area contributed by atoms with Gasteiger partial charge in [-0.05, 0) is 49.3 Å². The minimum atomic E-state index is 0.603. The molecule has 1 heterocycles. The monoisotopic (exact) mass is 362 g/mol. The average molecular weight is 363 g/mol. The maximum atomic E-state index is 5.98. The number of aromatic nitrogens is 3. The second-order valence-corrected chi connectivity index (χ2v) is 7.11. The molecule has 1 aliphatic carbocycles.